The molecule has 0 bridgehead atoms. The Hall–Kier alpha value is -1.88. The molecule has 0 unspecified atom stereocenters. The highest BCUT2D eigenvalue weighted by atomic mass is 16.4. The minimum atomic E-state index is -1.04. The molecule has 1 aromatic carbocycles. The van der Waals surface area contributed by atoms with E-state index in [0.717, 1.165) is 6.54 Å². The predicted molar refractivity (Wildman–Crippen MR) is 70.5 cm³/mol. The number of rotatable bonds is 4. The summed E-state index contributed by atoms with van der Waals surface area (Å²) in [4.78, 5) is 23.4. The summed E-state index contributed by atoms with van der Waals surface area (Å²) >= 11 is 0. The second kappa shape index (κ2) is 5.84. The summed E-state index contributed by atoms with van der Waals surface area (Å²) in [6.45, 7) is 3.39. The Kier molecular flexibility index (Phi) is 4.16. The van der Waals surface area contributed by atoms with Crippen LogP contribution in [0.1, 0.15) is 18.5 Å². The van der Waals surface area contributed by atoms with Crippen LogP contribution < -0.4 is 10.6 Å². The largest absolute Gasteiger partial charge is 0.479 e. The van der Waals surface area contributed by atoms with E-state index in [1.165, 1.54) is 0 Å². The van der Waals surface area contributed by atoms with Crippen molar-refractivity contribution in [1.29, 1.82) is 0 Å². The molecule has 0 saturated carbocycles. The van der Waals surface area contributed by atoms with Crippen LogP contribution in [-0.4, -0.2) is 30.1 Å². The molecule has 1 saturated heterocycles. The maximum absolute atomic E-state index is 12.1. The van der Waals surface area contributed by atoms with Crippen molar-refractivity contribution in [2.24, 2.45) is 11.8 Å². The van der Waals surface area contributed by atoms with Gasteiger partial charge in [-0.15, -0.1) is 0 Å². The molecule has 0 aromatic heterocycles. The van der Waals surface area contributed by atoms with Crippen molar-refractivity contribution in [1.82, 2.24) is 10.6 Å². The molecular formula is C14H18N2O3. The van der Waals surface area contributed by atoms with Gasteiger partial charge in [0.2, 0.25) is 5.91 Å². The molecule has 1 heterocycles. The van der Waals surface area contributed by atoms with Gasteiger partial charge < -0.3 is 15.7 Å². The van der Waals surface area contributed by atoms with Crippen LogP contribution in [0.3, 0.4) is 0 Å². The first kappa shape index (κ1) is 13.5. The molecule has 0 radical (unpaired) electrons. The second-order valence-corrected chi connectivity index (χ2v) is 4.93. The Morgan fingerprint density at radius 3 is 2.53 bits per heavy atom. The van der Waals surface area contributed by atoms with Crippen LogP contribution in [0, 0.1) is 11.8 Å². The quantitative estimate of drug-likeness (QED) is 0.749. The highest BCUT2D eigenvalue weighted by Crippen LogP contribution is 2.19. The van der Waals surface area contributed by atoms with E-state index in [9.17, 15) is 14.7 Å². The molecule has 5 nitrogen and oxygen atoms in total. The smallest absolute Gasteiger partial charge is 0.330 e. The Bertz CT molecular complexity index is 461. The SMILES string of the molecule is C[C@@H]1CNC[C@H]1C(=O)N[C@@H](C(=O)O)c1ccccc1. The van der Waals surface area contributed by atoms with Crippen LogP contribution in [0.25, 0.3) is 0 Å². The third kappa shape index (κ3) is 3.12. The monoisotopic (exact) mass is 262 g/mol. The van der Waals surface area contributed by atoms with Gasteiger partial charge in [0.25, 0.3) is 0 Å². The zero-order valence-corrected chi connectivity index (χ0v) is 10.8. The van der Waals surface area contributed by atoms with E-state index in [0.29, 0.717) is 12.1 Å². The highest BCUT2D eigenvalue weighted by Gasteiger charge is 2.32. The molecule has 19 heavy (non-hydrogen) atoms. The van der Waals surface area contributed by atoms with Crippen molar-refractivity contribution >= 4 is 11.9 Å². The van der Waals surface area contributed by atoms with E-state index < -0.39 is 12.0 Å². The van der Waals surface area contributed by atoms with E-state index in [1.807, 2.05) is 13.0 Å². The van der Waals surface area contributed by atoms with Gasteiger partial charge in [0, 0.05) is 6.54 Å². The van der Waals surface area contributed by atoms with Gasteiger partial charge in [-0.25, -0.2) is 4.79 Å². The number of hydrogen-bond acceptors (Lipinski definition) is 3. The van der Waals surface area contributed by atoms with E-state index in [-0.39, 0.29) is 17.7 Å². The lowest BCUT2D eigenvalue weighted by atomic mass is 9.96. The molecule has 1 fully saturated rings. The predicted octanol–water partition coefficient (Wildman–Crippen LogP) is 0.784. The van der Waals surface area contributed by atoms with Crippen LogP contribution in [0.2, 0.25) is 0 Å². The summed E-state index contributed by atoms with van der Waals surface area (Å²) in [5.41, 5.74) is 0.585. The second-order valence-electron chi connectivity index (χ2n) is 4.93. The molecule has 1 aromatic rings. The minimum absolute atomic E-state index is 0.162. The number of carboxylic acids is 1. The van der Waals surface area contributed by atoms with E-state index in [1.54, 1.807) is 24.3 Å². The molecule has 1 aliphatic heterocycles. The van der Waals surface area contributed by atoms with Crippen molar-refractivity contribution in [3.05, 3.63) is 35.9 Å². The first-order chi connectivity index (χ1) is 9.09. The Labute approximate surface area is 112 Å². The van der Waals surface area contributed by atoms with Crippen LogP contribution in [0.4, 0.5) is 0 Å². The van der Waals surface area contributed by atoms with Gasteiger partial charge >= 0.3 is 5.97 Å². The number of benzene rings is 1. The Morgan fingerprint density at radius 1 is 1.32 bits per heavy atom. The van der Waals surface area contributed by atoms with Gasteiger partial charge in [-0.1, -0.05) is 37.3 Å². The lowest BCUT2D eigenvalue weighted by Crippen LogP contribution is -2.39. The minimum Gasteiger partial charge on any atom is -0.479 e. The van der Waals surface area contributed by atoms with Gasteiger partial charge in [0.1, 0.15) is 0 Å². The van der Waals surface area contributed by atoms with Gasteiger partial charge in [0.05, 0.1) is 5.92 Å². The zero-order valence-electron chi connectivity index (χ0n) is 10.8. The summed E-state index contributed by atoms with van der Waals surface area (Å²) in [6, 6.07) is 7.76. The third-order valence-corrected chi connectivity index (χ3v) is 3.52. The summed E-state index contributed by atoms with van der Waals surface area (Å²) in [7, 11) is 0. The van der Waals surface area contributed by atoms with Crippen molar-refractivity contribution in [3.8, 4) is 0 Å². The van der Waals surface area contributed by atoms with E-state index >= 15 is 0 Å². The highest BCUT2D eigenvalue weighted by molar-refractivity contribution is 5.86. The summed E-state index contributed by atoms with van der Waals surface area (Å²) in [5.74, 6) is -1.18. The third-order valence-electron chi connectivity index (χ3n) is 3.52. The van der Waals surface area contributed by atoms with Crippen molar-refractivity contribution in [2.75, 3.05) is 13.1 Å². The lowest BCUT2D eigenvalue weighted by molar-refractivity contribution is -0.142. The fraction of sp³-hybridized carbons (Fsp3) is 0.429. The van der Waals surface area contributed by atoms with Crippen molar-refractivity contribution < 1.29 is 14.7 Å². The van der Waals surface area contributed by atoms with Crippen LogP contribution >= 0.6 is 0 Å². The summed E-state index contributed by atoms with van der Waals surface area (Å²) in [6.07, 6.45) is 0. The lowest BCUT2D eigenvalue weighted by Gasteiger charge is -2.19. The van der Waals surface area contributed by atoms with Gasteiger partial charge in [0.15, 0.2) is 6.04 Å². The summed E-state index contributed by atoms with van der Waals surface area (Å²) in [5, 5.41) is 15.0. The molecule has 0 spiro atoms. The number of carboxylic acid groups (broad SMARTS) is 1. The molecule has 3 atom stereocenters. The number of carbonyl (C=O) groups excluding carboxylic acids is 1. The Morgan fingerprint density at radius 2 is 2.00 bits per heavy atom. The standard InChI is InChI=1S/C14H18N2O3/c1-9-7-15-8-11(9)13(17)16-12(14(18)19)10-5-3-2-4-6-10/h2-6,9,11-12,15H,7-8H2,1H3,(H,16,17)(H,18,19)/t9-,11-,12-/m1/s1. The first-order valence-electron chi connectivity index (χ1n) is 6.38. The molecule has 0 aliphatic carbocycles. The number of amides is 1. The molecule has 1 amide bonds. The number of hydrogen-bond donors (Lipinski definition) is 3. The molecule has 2 rings (SSSR count). The first-order valence-corrected chi connectivity index (χ1v) is 6.38. The van der Waals surface area contributed by atoms with Gasteiger partial charge in [-0.05, 0) is 18.0 Å². The van der Waals surface area contributed by atoms with E-state index in [4.69, 9.17) is 0 Å². The molecule has 3 N–H and O–H groups in total. The van der Waals surface area contributed by atoms with Crippen LogP contribution in [-0.2, 0) is 9.59 Å². The maximum atomic E-state index is 12.1. The fourth-order valence-electron chi connectivity index (χ4n) is 2.34. The normalized spacial score (nSPS) is 23.8. The molecule has 5 heteroatoms. The fourth-order valence-corrected chi connectivity index (χ4v) is 2.34. The van der Waals surface area contributed by atoms with Crippen molar-refractivity contribution in [3.63, 3.8) is 0 Å². The van der Waals surface area contributed by atoms with Gasteiger partial charge in [-0.3, -0.25) is 4.79 Å². The topological polar surface area (TPSA) is 78.4 Å². The maximum Gasteiger partial charge on any atom is 0.330 e. The van der Waals surface area contributed by atoms with Gasteiger partial charge in [-0.2, -0.15) is 0 Å². The number of nitrogens with one attached hydrogen (secondary N) is 2. The average molecular weight is 262 g/mol. The summed E-state index contributed by atoms with van der Waals surface area (Å²) < 4.78 is 0. The van der Waals surface area contributed by atoms with Crippen LogP contribution in [0.15, 0.2) is 30.3 Å². The average Bonchev–Trinajstić information content (AvgIpc) is 2.82. The Balaban J connectivity index is 2.09. The number of carbonyl (C=O) groups is 2. The number of aliphatic carboxylic acids is 1. The molecule has 102 valence electrons. The molecule has 1 aliphatic rings. The van der Waals surface area contributed by atoms with Crippen molar-refractivity contribution in [2.45, 2.75) is 13.0 Å². The van der Waals surface area contributed by atoms with E-state index in [2.05, 4.69) is 10.6 Å². The molecular weight excluding hydrogens is 244 g/mol. The van der Waals surface area contributed by atoms with Crippen LogP contribution in [0.5, 0.6) is 0 Å². The zero-order chi connectivity index (χ0) is 13.8.